The summed E-state index contributed by atoms with van der Waals surface area (Å²) in [6.07, 6.45) is -3.18. The molecule has 3 rings (SSSR count). The van der Waals surface area contributed by atoms with Crippen molar-refractivity contribution >= 4 is 34.7 Å². The van der Waals surface area contributed by atoms with E-state index in [0.717, 1.165) is 43.9 Å². The van der Waals surface area contributed by atoms with Gasteiger partial charge >= 0.3 is 6.18 Å². The van der Waals surface area contributed by atoms with E-state index in [1.807, 2.05) is 0 Å². The fourth-order valence-electron chi connectivity index (χ4n) is 3.22. The Balaban J connectivity index is 1.71. The summed E-state index contributed by atoms with van der Waals surface area (Å²) in [5, 5.41) is 13.8. The Morgan fingerprint density at radius 1 is 1.25 bits per heavy atom. The first-order valence-corrected chi connectivity index (χ1v) is 10.3. The Labute approximate surface area is 188 Å². The third-order valence-electron chi connectivity index (χ3n) is 4.93. The van der Waals surface area contributed by atoms with Gasteiger partial charge in [0.25, 0.3) is 5.91 Å². The van der Waals surface area contributed by atoms with Crippen molar-refractivity contribution in [3.8, 4) is 0 Å². The zero-order valence-corrected chi connectivity index (χ0v) is 18.1. The molecule has 0 radical (unpaired) electrons. The van der Waals surface area contributed by atoms with Crippen molar-refractivity contribution in [2.45, 2.75) is 13.1 Å². The second-order valence-corrected chi connectivity index (χ2v) is 7.62. The van der Waals surface area contributed by atoms with Gasteiger partial charge in [0.05, 0.1) is 34.9 Å². The van der Waals surface area contributed by atoms with E-state index in [2.05, 4.69) is 20.5 Å². The maximum atomic E-state index is 12.7. The molecule has 11 heteroatoms. The smallest absolute Gasteiger partial charge is 0.379 e. The first kappa shape index (κ1) is 24.0. The molecule has 0 spiro atoms. The standard InChI is InChI=1S/C21H23ClF3N5O2/c1-13(26)17-18(22)16(12-28-19(17)27-6-7-30-8-10-32-11-9-30)20(31)29-15-4-2-14(3-5-15)21(23,24)25/h2-5,12,26H,6-11H2,1H3,(H,27,28)(H,29,31). The van der Waals surface area contributed by atoms with Gasteiger partial charge in [-0.05, 0) is 31.2 Å². The van der Waals surface area contributed by atoms with Gasteiger partial charge in [0.15, 0.2) is 0 Å². The minimum atomic E-state index is -4.46. The highest BCUT2D eigenvalue weighted by atomic mass is 35.5. The summed E-state index contributed by atoms with van der Waals surface area (Å²) in [4.78, 5) is 19.2. The number of halogens is 4. The van der Waals surface area contributed by atoms with Gasteiger partial charge in [-0.1, -0.05) is 11.6 Å². The molecule has 1 aromatic carbocycles. The number of alkyl halides is 3. The van der Waals surface area contributed by atoms with E-state index in [-0.39, 0.29) is 22.0 Å². The molecule has 0 aliphatic carbocycles. The third kappa shape index (κ3) is 5.96. The largest absolute Gasteiger partial charge is 0.416 e. The Morgan fingerprint density at radius 2 is 1.91 bits per heavy atom. The molecule has 1 aliphatic rings. The van der Waals surface area contributed by atoms with Gasteiger partial charge in [-0.3, -0.25) is 9.69 Å². The molecular weight excluding hydrogens is 447 g/mol. The summed E-state index contributed by atoms with van der Waals surface area (Å²) in [6, 6.07) is 4.08. The van der Waals surface area contributed by atoms with Gasteiger partial charge in [0, 0.05) is 43.8 Å². The molecule has 2 aromatic rings. The number of morpholine rings is 1. The van der Waals surface area contributed by atoms with Crippen LogP contribution in [-0.2, 0) is 10.9 Å². The number of nitrogens with zero attached hydrogens (tertiary/aromatic N) is 2. The second kappa shape index (κ2) is 10.3. The van der Waals surface area contributed by atoms with Crippen LogP contribution in [0.5, 0.6) is 0 Å². The quantitative estimate of drug-likeness (QED) is 0.530. The van der Waals surface area contributed by atoms with E-state index in [1.165, 1.54) is 13.1 Å². The van der Waals surface area contributed by atoms with Crippen LogP contribution < -0.4 is 10.6 Å². The molecule has 1 aromatic heterocycles. The number of aromatic nitrogens is 1. The van der Waals surface area contributed by atoms with Crippen molar-refractivity contribution in [2.24, 2.45) is 0 Å². The van der Waals surface area contributed by atoms with Crippen LogP contribution in [0.15, 0.2) is 30.5 Å². The zero-order chi connectivity index (χ0) is 23.3. The number of hydrogen-bond acceptors (Lipinski definition) is 6. The number of amides is 1. The van der Waals surface area contributed by atoms with Crippen LogP contribution in [0.3, 0.4) is 0 Å². The number of nitrogens with one attached hydrogen (secondary N) is 3. The van der Waals surface area contributed by atoms with E-state index in [0.29, 0.717) is 31.1 Å². The predicted molar refractivity (Wildman–Crippen MR) is 117 cm³/mol. The highest BCUT2D eigenvalue weighted by Gasteiger charge is 2.30. The lowest BCUT2D eigenvalue weighted by atomic mass is 10.1. The molecule has 0 bridgehead atoms. The van der Waals surface area contributed by atoms with Crippen molar-refractivity contribution in [3.63, 3.8) is 0 Å². The average Bonchev–Trinajstić information content (AvgIpc) is 2.74. The highest BCUT2D eigenvalue weighted by Crippen LogP contribution is 2.31. The highest BCUT2D eigenvalue weighted by molar-refractivity contribution is 6.38. The number of anilines is 2. The maximum Gasteiger partial charge on any atom is 0.416 e. The van der Waals surface area contributed by atoms with E-state index in [4.69, 9.17) is 21.7 Å². The number of carbonyl (C=O) groups is 1. The molecular formula is C21H23ClF3N5O2. The Kier molecular flexibility index (Phi) is 7.70. The molecule has 0 unspecified atom stereocenters. The molecule has 0 saturated carbocycles. The lowest BCUT2D eigenvalue weighted by molar-refractivity contribution is -0.137. The van der Waals surface area contributed by atoms with Crippen LogP contribution in [0.4, 0.5) is 24.7 Å². The molecule has 2 heterocycles. The lowest BCUT2D eigenvalue weighted by Gasteiger charge is -2.26. The van der Waals surface area contributed by atoms with Crippen molar-refractivity contribution in [1.82, 2.24) is 9.88 Å². The van der Waals surface area contributed by atoms with Crippen molar-refractivity contribution < 1.29 is 22.7 Å². The maximum absolute atomic E-state index is 12.7. The molecule has 1 saturated heterocycles. The summed E-state index contributed by atoms with van der Waals surface area (Å²) in [7, 11) is 0. The molecule has 0 atom stereocenters. The van der Waals surface area contributed by atoms with E-state index in [1.54, 1.807) is 0 Å². The summed E-state index contributed by atoms with van der Waals surface area (Å²) in [5.41, 5.74) is -0.189. The van der Waals surface area contributed by atoms with Gasteiger partial charge < -0.3 is 20.8 Å². The minimum Gasteiger partial charge on any atom is -0.379 e. The van der Waals surface area contributed by atoms with Gasteiger partial charge in [-0.25, -0.2) is 4.98 Å². The van der Waals surface area contributed by atoms with Crippen LogP contribution >= 0.6 is 11.6 Å². The number of pyridine rings is 1. The summed E-state index contributed by atoms with van der Waals surface area (Å²) < 4.78 is 43.4. The van der Waals surface area contributed by atoms with Gasteiger partial charge in [-0.15, -0.1) is 0 Å². The van der Waals surface area contributed by atoms with Crippen molar-refractivity contribution in [1.29, 1.82) is 5.41 Å². The number of rotatable bonds is 7. The van der Waals surface area contributed by atoms with Crippen LogP contribution in [0.2, 0.25) is 5.02 Å². The molecule has 3 N–H and O–H groups in total. The third-order valence-corrected chi connectivity index (χ3v) is 5.32. The molecule has 1 amide bonds. The number of benzene rings is 1. The van der Waals surface area contributed by atoms with E-state index < -0.39 is 17.6 Å². The number of ether oxygens (including phenoxy) is 1. The Bertz CT molecular complexity index is 977. The molecule has 32 heavy (non-hydrogen) atoms. The molecule has 7 nitrogen and oxygen atoms in total. The Morgan fingerprint density at radius 3 is 2.50 bits per heavy atom. The topological polar surface area (TPSA) is 90.3 Å². The Hall–Kier alpha value is -2.69. The number of hydrogen-bond donors (Lipinski definition) is 3. The molecule has 172 valence electrons. The van der Waals surface area contributed by atoms with Gasteiger partial charge in [0.2, 0.25) is 0 Å². The summed E-state index contributed by atoms with van der Waals surface area (Å²) >= 11 is 6.43. The van der Waals surface area contributed by atoms with Crippen LogP contribution in [0.1, 0.15) is 28.4 Å². The average molecular weight is 470 g/mol. The first-order chi connectivity index (χ1) is 15.2. The predicted octanol–water partition coefficient (Wildman–Crippen LogP) is 4.14. The fourth-order valence-corrected chi connectivity index (χ4v) is 3.59. The summed E-state index contributed by atoms with van der Waals surface area (Å²) in [5.74, 6) is -0.244. The fraction of sp³-hybridized carbons (Fsp3) is 0.381. The number of carbonyl (C=O) groups excluding carboxylic acids is 1. The monoisotopic (exact) mass is 469 g/mol. The first-order valence-electron chi connectivity index (χ1n) is 9.93. The second-order valence-electron chi connectivity index (χ2n) is 7.24. The normalized spacial score (nSPS) is 14.8. The van der Waals surface area contributed by atoms with Gasteiger partial charge in [-0.2, -0.15) is 13.2 Å². The lowest BCUT2D eigenvalue weighted by Crippen LogP contribution is -2.39. The van der Waals surface area contributed by atoms with E-state index in [9.17, 15) is 18.0 Å². The van der Waals surface area contributed by atoms with Crippen molar-refractivity contribution in [2.75, 3.05) is 50.0 Å². The molecule has 1 aliphatic heterocycles. The van der Waals surface area contributed by atoms with E-state index >= 15 is 0 Å². The van der Waals surface area contributed by atoms with Crippen LogP contribution in [-0.4, -0.2) is 60.9 Å². The minimum absolute atomic E-state index is 0.0203. The molecule has 1 fully saturated rings. The SMILES string of the molecule is CC(=N)c1c(NCCN2CCOCC2)ncc(C(=O)Nc2ccc(C(F)(F)F)cc2)c1Cl. The van der Waals surface area contributed by atoms with Crippen molar-refractivity contribution in [3.05, 3.63) is 52.2 Å². The summed E-state index contributed by atoms with van der Waals surface area (Å²) in [6.45, 7) is 5.93. The van der Waals surface area contributed by atoms with Crippen LogP contribution in [0.25, 0.3) is 0 Å². The van der Waals surface area contributed by atoms with Gasteiger partial charge in [0.1, 0.15) is 5.82 Å². The van der Waals surface area contributed by atoms with Crippen LogP contribution in [0, 0.1) is 5.41 Å². The zero-order valence-electron chi connectivity index (χ0n) is 17.4.